The summed E-state index contributed by atoms with van der Waals surface area (Å²) in [6.07, 6.45) is 7.33. The second-order valence-corrected chi connectivity index (χ2v) is 14.7. The molecule has 56 heavy (non-hydrogen) atoms. The lowest BCUT2D eigenvalue weighted by Crippen LogP contribution is -2.46. The van der Waals surface area contributed by atoms with Gasteiger partial charge in [0.15, 0.2) is 0 Å². The van der Waals surface area contributed by atoms with Gasteiger partial charge in [0.1, 0.15) is 11.5 Å². The number of imide groups is 2. The van der Waals surface area contributed by atoms with E-state index in [0.717, 1.165) is 51.4 Å². The molecule has 0 saturated carbocycles. The number of hydrogen-bond donors (Lipinski definition) is 0. The summed E-state index contributed by atoms with van der Waals surface area (Å²) >= 11 is 0. The van der Waals surface area contributed by atoms with E-state index in [1.807, 2.05) is 24.3 Å². The average molecular weight is 751 g/mol. The molecule has 0 aromatic heterocycles. The van der Waals surface area contributed by atoms with Crippen LogP contribution < -0.4 is 9.47 Å². The molecule has 4 aromatic rings. The molecule has 288 valence electrons. The fourth-order valence-electron chi connectivity index (χ4n) is 7.67. The van der Waals surface area contributed by atoms with Gasteiger partial charge in [-0.1, -0.05) is 89.9 Å². The molecule has 4 amide bonds. The number of amides is 4. The zero-order valence-electron chi connectivity index (χ0n) is 33.3. The molecule has 8 heteroatoms. The van der Waals surface area contributed by atoms with Crippen LogP contribution in [0.2, 0.25) is 0 Å². The van der Waals surface area contributed by atoms with Crippen molar-refractivity contribution in [2.75, 3.05) is 27.3 Å². The van der Waals surface area contributed by atoms with Crippen LogP contribution in [0, 0.1) is 35.5 Å². The van der Waals surface area contributed by atoms with E-state index in [-0.39, 0.29) is 47.2 Å². The molecule has 8 nitrogen and oxygen atoms in total. The lowest BCUT2D eigenvalue weighted by Gasteiger charge is -2.35. The van der Waals surface area contributed by atoms with Crippen molar-refractivity contribution in [2.45, 2.75) is 79.1 Å². The lowest BCUT2D eigenvalue weighted by atomic mass is 9.80. The van der Waals surface area contributed by atoms with Crippen LogP contribution in [0.5, 0.6) is 11.5 Å². The Bertz CT molecular complexity index is 2120. The van der Waals surface area contributed by atoms with Crippen molar-refractivity contribution in [3.05, 3.63) is 105 Å². The van der Waals surface area contributed by atoms with Gasteiger partial charge in [-0.25, -0.2) is 0 Å². The van der Waals surface area contributed by atoms with Crippen molar-refractivity contribution in [1.82, 2.24) is 9.80 Å². The van der Waals surface area contributed by atoms with Gasteiger partial charge in [0.2, 0.25) is 0 Å². The summed E-state index contributed by atoms with van der Waals surface area (Å²) in [4.78, 5) is 61.4. The van der Waals surface area contributed by atoms with Crippen molar-refractivity contribution in [3.8, 4) is 35.2 Å². The van der Waals surface area contributed by atoms with E-state index < -0.39 is 23.6 Å². The Hall–Kier alpha value is -5.86. The maximum Gasteiger partial charge on any atom is 0.262 e. The molecule has 4 aromatic carbocycles. The van der Waals surface area contributed by atoms with Crippen LogP contribution in [0.1, 0.15) is 143 Å². The molecular weight excluding hydrogens is 701 g/mol. The fraction of sp³-hybridized carbons (Fsp3) is 0.375. The molecule has 2 atom stereocenters. The number of carbonyl (C=O) groups excluding carboxylic acids is 4. The van der Waals surface area contributed by atoms with Gasteiger partial charge in [0.25, 0.3) is 23.6 Å². The number of ether oxygens (including phenoxy) is 2. The monoisotopic (exact) mass is 750 g/mol. The molecule has 2 heterocycles. The van der Waals surface area contributed by atoms with Crippen molar-refractivity contribution >= 4 is 34.4 Å². The van der Waals surface area contributed by atoms with E-state index >= 15 is 0 Å². The van der Waals surface area contributed by atoms with E-state index in [2.05, 4.69) is 51.4 Å². The Balaban J connectivity index is 1.62. The van der Waals surface area contributed by atoms with Crippen LogP contribution >= 0.6 is 0 Å². The highest BCUT2D eigenvalue weighted by molar-refractivity contribution is 6.34. The zero-order chi connectivity index (χ0) is 39.9. The number of hydrogen-bond acceptors (Lipinski definition) is 6. The van der Waals surface area contributed by atoms with E-state index in [4.69, 9.17) is 9.47 Å². The van der Waals surface area contributed by atoms with Crippen molar-refractivity contribution in [1.29, 1.82) is 0 Å². The highest BCUT2D eigenvalue weighted by atomic mass is 16.5. The smallest absolute Gasteiger partial charge is 0.262 e. The van der Waals surface area contributed by atoms with Gasteiger partial charge in [-0.2, -0.15) is 0 Å². The minimum atomic E-state index is -0.473. The van der Waals surface area contributed by atoms with Gasteiger partial charge in [-0.15, -0.1) is 0 Å². The lowest BCUT2D eigenvalue weighted by molar-refractivity contribution is 0.0558. The third kappa shape index (κ3) is 7.93. The normalized spacial score (nSPS) is 14.2. The predicted octanol–water partition coefficient (Wildman–Crippen LogP) is 9.28. The Kier molecular flexibility index (Phi) is 12.6. The molecule has 0 bridgehead atoms. The summed E-state index contributed by atoms with van der Waals surface area (Å²) in [5, 5.41) is 0.581. The highest BCUT2D eigenvalue weighted by Crippen LogP contribution is 2.42. The van der Waals surface area contributed by atoms with Gasteiger partial charge in [-0.05, 0) is 85.3 Å². The van der Waals surface area contributed by atoms with E-state index in [1.54, 1.807) is 50.6 Å². The first-order valence-corrected chi connectivity index (χ1v) is 19.9. The third-order valence-electron chi connectivity index (χ3n) is 11.1. The number of nitrogens with zero attached hydrogens (tertiary/aromatic N) is 2. The van der Waals surface area contributed by atoms with Gasteiger partial charge in [0.05, 0.1) is 25.3 Å². The summed E-state index contributed by atoms with van der Waals surface area (Å²) in [6.45, 7) is 8.90. The molecule has 0 radical (unpaired) electrons. The summed E-state index contributed by atoms with van der Waals surface area (Å²) in [7, 11) is 3.19. The number of unbranched alkanes of at least 4 members (excludes halogenated alkanes) is 2. The SMILES string of the molecule is CCCCC(CC)CN1C(=O)c2cc(C#Cc3ccc(OC)cc3)c3c4c(cc(C#Cc5ccc(OC)cc5)c(c24)C1=O)C(=O)N(CC(CC)CCCC)C3=O. The minimum absolute atomic E-state index is 0.108. The second-order valence-electron chi connectivity index (χ2n) is 14.7. The first-order chi connectivity index (χ1) is 27.2. The van der Waals surface area contributed by atoms with E-state index in [9.17, 15) is 19.2 Å². The molecule has 0 aliphatic carbocycles. The molecule has 0 N–H and O–H groups in total. The average Bonchev–Trinajstić information content (AvgIpc) is 3.23. The van der Waals surface area contributed by atoms with Gasteiger partial charge in [0, 0.05) is 57.2 Å². The van der Waals surface area contributed by atoms with Gasteiger partial charge in [-0.3, -0.25) is 29.0 Å². The largest absolute Gasteiger partial charge is 0.497 e. The molecular formula is C48H50N2O6. The number of carbonyl (C=O) groups is 4. The molecule has 0 fully saturated rings. The van der Waals surface area contributed by atoms with Crippen molar-refractivity contribution in [3.63, 3.8) is 0 Å². The first-order valence-electron chi connectivity index (χ1n) is 19.9. The van der Waals surface area contributed by atoms with Crippen LogP contribution in [0.25, 0.3) is 10.8 Å². The van der Waals surface area contributed by atoms with Crippen LogP contribution in [0.15, 0.2) is 60.7 Å². The summed E-state index contributed by atoms with van der Waals surface area (Å²) in [5.41, 5.74) is 2.95. The molecule has 6 rings (SSSR count). The highest BCUT2D eigenvalue weighted by Gasteiger charge is 2.43. The number of rotatable bonds is 14. The zero-order valence-corrected chi connectivity index (χ0v) is 33.3. The Morgan fingerprint density at radius 3 is 1.23 bits per heavy atom. The summed E-state index contributed by atoms with van der Waals surface area (Å²) in [5.74, 6) is 12.5. The van der Waals surface area contributed by atoms with Crippen LogP contribution in [-0.2, 0) is 0 Å². The predicted molar refractivity (Wildman–Crippen MR) is 219 cm³/mol. The molecule has 0 saturated heterocycles. The van der Waals surface area contributed by atoms with Crippen LogP contribution in [0.3, 0.4) is 0 Å². The van der Waals surface area contributed by atoms with Crippen molar-refractivity contribution in [2.24, 2.45) is 11.8 Å². The Labute approximate surface area is 330 Å². The maximum absolute atomic E-state index is 14.7. The van der Waals surface area contributed by atoms with Gasteiger partial charge < -0.3 is 9.47 Å². The first kappa shape index (κ1) is 39.8. The van der Waals surface area contributed by atoms with Crippen LogP contribution in [0.4, 0.5) is 0 Å². The number of methoxy groups -OCH3 is 2. The Morgan fingerprint density at radius 1 is 0.536 bits per heavy atom. The quantitative estimate of drug-likeness (QED) is 0.0943. The molecule has 2 unspecified atom stereocenters. The molecule has 2 aliphatic heterocycles. The third-order valence-corrected chi connectivity index (χ3v) is 11.1. The van der Waals surface area contributed by atoms with E-state index in [1.165, 1.54) is 9.80 Å². The standard InChI is InChI=1S/C48H50N2O6/c1-7-11-13-31(9-3)29-49-45(51)39-27-36(22-16-34-19-25-38(56-6)26-20-34)42-44-40(46(52)50(48(42)54)30-32(10-4)14-12-8-2)28-35(41(43(39)44)47(49)53)21-15-33-17-23-37(55-5)24-18-33/h17-20,23-28,31-32H,7-14,29-30H2,1-6H3. The molecule has 0 spiro atoms. The second kappa shape index (κ2) is 17.7. The van der Waals surface area contributed by atoms with Crippen LogP contribution in [-0.4, -0.2) is 60.7 Å². The van der Waals surface area contributed by atoms with E-state index in [0.29, 0.717) is 44.5 Å². The van der Waals surface area contributed by atoms with Gasteiger partial charge >= 0.3 is 0 Å². The summed E-state index contributed by atoms with van der Waals surface area (Å²) in [6, 6.07) is 17.8. The van der Waals surface area contributed by atoms with Crippen molar-refractivity contribution < 1.29 is 28.7 Å². The fourth-order valence-corrected chi connectivity index (χ4v) is 7.67. The maximum atomic E-state index is 14.7. The number of benzene rings is 4. The molecule has 2 aliphatic rings. The topological polar surface area (TPSA) is 93.2 Å². The summed E-state index contributed by atoms with van der Waals surface area (Å²) < 4.78 is 10.6. The Morgan fingerprint density at radius 2 is 0.911 bits per heavy atom. The minimum Gasteiger partial charge on any atom is -0.497 e.